The first-order valence-corrected chi connectivity index (χ1v) is 11.1. The van der Waals surface area contributed by atoms with Gasteiger partial charge in [0.1, 0.15) is 11.6 Å². The zero-order valence-corrected chi connectivity index (χ0v) is 17.6. The molecule has 2 saturated carbocycles. The molecule has 4 atom stereocenters. The molecule has 31 heavy (non-hydrogen) atoms. The van der Waals surface area contributed by atoms with Gasteiger partial charge in [0.25, 0.3) is 0 Å². The number of alkyl halides is 3. The summed E-state index contributed by atoms with van der Waals surface area (Å²) in [7, 11) is 0. The number of halogens is 5. The van der Waals surface area contributed by atoms with Crippen molar-refractivity contribution in [2.75, 3.05) is 0 Å². The fourth-order valence-electron chi connectivity index (χ4n) is 5.61. The Morgan fingerprint density at radius 1 is 0.839 bits per heavy atom. The van der Waals surface area contributed by atoms with Crippen molar-refractivity contribution >= 4 is 0 Å². The highest BCUT2D eigenvalue weighted by Gasteiger charge is 2.36. The van der Waals surface area contributed by atoms with E-state index >= 15 is 0 Å². The molecule has 4 rings (SSSR count). The first kappa shape index (κ1) is 22.0. The predicted molar refractivity (Wildman–Crippen MR) is 113 cm³/mol. The SMILES string of the molecule is C/C=C/C1CCC2CC(c3ccc(-c4ccc(C(F)(F)F)c(F)c4)c(F)c3)CCC2C1. The van der Waals surface area contributed by atoms with Crippen molar-refractivity contribution in [2.45, 2.75) is 57.5 Å². The van der Waals surface area contributed by atoms with E-state index in [0.717, 1.165) is 42.9 Å². The molecule has 2 aromatic carbocycles. The molecule has 2 fully saturated rings. The Hall–Kier alpha value is -2.17. The molecule has 166 valence electrons. The number of allylic oxidation sites excluding steroid dienone is 2. The molecule has 0 spiro atoms. The average Bonchev–Trinajstić information content (AvgIpc) is 2.72. The molecule has 0 N–H and O–H groups in total. The lowest BCUT2D eigenvalue weighted by molar-refractivity contribution is -0.139. The lowest BCUT2D eigenvalue weighted by Crippen LogP contribution is -2.30. The van der Waals surface area contributed by atoms with Gasteiger partial charge < -0.3 is 0 Å². The van der Waals surface area contributed by atoms with Crippen LogP contribution in [0.25, 0.3) is 11.1 Å². The van der Waals surface area contributed by atoms with Crippen molar-refractivity contribution in [2.24, 2.45) is 17.8 Å². The molecule has 0 nitrogen and oxygen atoms in total. The molecular formula is C26H27F5. The molecule has 2 aliphatic rings. The smallest absolute Gasteiger partial charge is 0.206 e. The molecule has 5 heteroatoms. The highest BCUT2D eigenvalue weighted by atomic mass is 19.4. The van der Waals surface area contributed by atoms with Crippen molar-refractivity contribution in [3.8, 4) is 11.1 Å². The van der Waals surface area contributed by atoms with Crippen LogP contribution in [0.2, 0.25) is 0 Å². The number of hydrogen-bond donors (Lipinski definition) is 0. The Morgan fingerprint density at radius 3 is 2.26 bits per heavy atom. The van der Waals surface area contributed by atoms with Gasteiger partial charge in [-0.3, -0.25) is 0 Å². The minimum absolute atomic E-state index is 0.112. The van der Waals surface area contributed by atoms with Crippen LogP contribution in [0.3, 0.4) is 0 Å². The summed E-state index contributed by atoms with van der Waals surface area (Å²) in [5, 5.41) is 0. The molecule has 2 aromatic rings. The van der Waals surface area contributed by atoms with E-state index in [9.17, 15) is 22.0 Å². The largest absolute Gasteiger partial charge is 0.419 e. The van der Waals surface area contributed by atoms with E-state index < -0.39 is 23.4 Å². The summed E-state index contributed by atoms with van der Waals surface area (Å²) in [4.78, 5) is 0. The first-order valence-electron chi connectivity index (χ1n) is 11.1. The summed E-state index contributed by atoms with van der Waals surface area (Å²) < 4.78 is 67.1. The normalized spacial score (nSPS) is 26.8. The number of fused-ring (bicyclic) bond motifs is 1. The summed E-state index contributed by atoms with van der Waals surface area (Å²) in [5.74, 6) is 0.490. The number of hydrogen-bond acceptors (Lipinski definition) is 0. The minimum atomic E-state index is -4.77. The molecule has 0 aromatic heterocycles. The Labute approximate surface area is 180 Å². The van der Waals surface area contributed by atoms with Gasteiger partial charge in [-0.1, -0.05) is 30.4 Å². The molecule has 4 unspecified atom stereocenters. The Morgan fingerprint density at radius 2 is 1.58 bits per heavy atom. The molecule has 0 heterocycles. The lowest BCUT2D eigenvalue weighted by atomic mass is 9.64. The van der Waals surface area contributed by atoms with Gasteiger partial charge in [0.05, 0.1) is 5.56 Å². The topological polar surface area (TPSA) is 0 Å². The summed E-state index contributed by atoms with van der Waals surface area (Å²) in [6.07, 6.45) is 6.59. The van der Waals surface area contributed by atoms with Crippen molar-refractivity contribution in [1.29, 1.82) is 0 Å². The van der Waals surface area contributed by atoms with Gasteiger partial charge in [-0.2, -0.15) is 13.2 Å². The molecule has 0 saturated heterocycles. The summed E-state index contributed by atoms with van der Waals surface area (Å²) in [6, 6.07) is 7.46. The zero-order valence-electron chi connectivity index (χ0n) is 17.6. The average molecular weight is 434 g/mol. The fraction of sp³-hybridized carbons (Fsp3) is 0.462. The quantitative estimate of drug-likeness (QED) is 0.335. The van der Waals surface area contributed by atoms with Crippen LogP contribution < -0.4 is 0 Å². The van der Waals surface area contributed by atoms with Crippen molar-refractivity contribution in [1.82, 2.24) is 0 Å². The second-order valence-electron chi connectivity index (χ2n) is 9.06. The van der Waals surface area contributed by atoms with Gasteiger partial charge in [0.2, 0.25) is 0 Å². The van der Waals surface area contributed by atoms with Crippen LogP contribution in [-0.2, 0) is 6.18 Å². The highest BCUT2D eigenvalue weighted by molar-refractivity contribution is 5.65. The van der Waals surface area contributed by atoms with E-state index in [4.69, 9.17) is 0 Å². The maximum Gasteiger partial charge on any atom is 0.419 e. The van der Waals surface area contributed by atoms with E-state index in [1.54, 1.807) is 6.07 Å². The van der Waals surface area contributed by atoms with E-state index in [1.807, 2.05) is 6.07 Å². The van der Waals surface area contributed by atoms with Gasteiger partial charge >= 0.3 is 6.18 Å². The first-order chi connectivity index (χ1) is 14.8. The summed E-state index contributed by atoms with van der Waals surface area (Å²) in [5.41, 5.74) is -0.172. The van der Waals surface area contributed by atoms with E-state index in [2.05, 4.69) is 19.1 Å². The van der Waals surface area contributed by atoms with Crippen LogP contribution in [-0.4, -0.2) is 0 Å². The van der Waals surface area contributed by atoms with Crippen LogP contribution in [0.4, 0.5) is 22.0 Å². The van der Waals surface area contributed by atoms with Crippen LogP contribution in [0.1, 0.15) is 62.5 Å². The lowest BCUT2D eigenvalue weighted by Gasteiger charge is -2.41. The predicted octanol–water partition coefficient (Wildman–Crippen LogP) is 8.53. The van der Waals surface area contributed by atoms with Crippen molar-refractivity contribution < 1.29 is 22.0 Å². The van der Waals surface area contributed by atoms with Crippen molar-refractivity contribution in [3.63, 3.8) is 0 Å². The van der Waals surface area contributed by atoms with Crippen LogP contribution in [0.5, 0.6) is 0 Å². The van der Waals surface area contributed by atoms with Gasteiger partial charge in [0, 0.05) is 5.56 Å². The molecule has 2 aliphatic carbocycles. The highest BCUT2D eigenvalue weighted by Crippen LogP contribution is 2.48. The monoisotopic (exact) mass is 434 g/mol. The Balaban J connectivity index is 1.49. The second kappa shape index (κ2) is 8.76. The molecule has 0 radical (unpaired) electrons. The van der Waals surface area contributed by atoms with Crippen LogP contribution >= 0.6 is 0 Å². The number of rotatable bonds is 3. The zero-order chi connectivity index (χ0) is 22.2. The third kappa shape index (κ3) is 4.70. The standard InChI is InChI=1S/C26H27F5/c1-2-3-16-4-5-18-13-19(7-6-17(18)12-16)20-8-10-22(24(27)14-20)21-9-11-23(25(28)15-21)26(29,30)31/h2-3,8-11,14-19H,4-7,12-13H2,1H3/b3-2+. The molecule has 0 aliphatic heterocycles. The summed E-state index contributed by atoms with van der Waals surface area (Å²) >= 11 is 0. The number of benzene rings is 2. The van der Waals surface area contributed by atoms with Gasteiger partial charge in [-0.05, 0) is 98.4 Å². The molecule has 0 bridgehead atoms. The Bertz CT molecular complexity index is 959. The van der Waals surface area contributed by atoms with E-state index in [1.165, 1.54) is 25.3 Å². The summed E-state index contributed by atoms with van der Waals surface area (Å²) in [6.45, 7) is 2.07. The third-order valence-electron chi connectivity index (χ3n) is 7.17. The minimum Gasteiger partial charge on any atom is -0.206 e. The van der Waals surface area contributed by atoms with Gasteiger partial charge in [-0.15, -0.1) is 0 Å². The third-order valence-corrected chi connectivity index (χ3v) is 7.17. The van der Waals surface area contributed by atoms with E-state index in [0.29, 0.717) is 23.8 Å². The second-order valence-corrected chi connectivity index (χ2v) is 9.06. The molecule has 0 amide bonds. The van der Waals surface area contributed by atoms with E-state index in [-0.39, 0.29) is 11.1 Å². The van der Waals surface area contributed by atoms with Crippen LogP contribution in [0.15, 0.2) is 48.6 Å². The van der Waals surface area contributed by atoms with Gasteiger partial charge in [0.15, 0.2) is 0 Å². The molecular weight excluding hydrogens is 407 g/mol. The van der Waals surface area contributed by atoms with Crippen LogP contribution in [0, 0.1) is 29.4 Å². The maximum absolute atomic E-state index is 14.9. The van der Waals surface area contributed by atoms with Gasteiger partial charge in [-0.25, -0.2) is 8.78 Å². The maximum atomic E-state index is 14.9. The fourth-order valence-corrected chi connectivity index (χ4v) is 5.61. The Kier molecular flexibility index (Phi) is 6.23. The van der Waals surface area contributed by atoms with Crippen molar-refractivity contribution in [3.05, 3.63) is 71.3 Å².